The zero-order valence-corrected chi connectivity index (χ0v) is 11.5. The van der Waals surface area contributed by atoms with Crippen molar-refractivity contribution < 1.29 is 14.3 Å². The highest BCUT2D eigenvalue weighted by molar-refractivity contribution is 5.90. The van der Waals surface area contributed by atoms with Gasteiger partial charge in [-0.05, 0) is 43.0 Å². The molecule has 2 amide bonds. The van der Waals surface area contributed by atoms with Crippen LogP contribution < -0.4 is 10.6 Å². The Morgan fingerprint density at radius 1 is 1.42 bits per heavy atom. The van der Waals surface area contributed by atoms with Gasteiger partial charge in [-0.3, -0.25) is 0 Å². The minimum absolute atomic E-state index is 0.103. The molecule has 0 bridgehead atoms. The van der Waals surface area contributed by atoms with Crippen LogP contribution in [-0.4, -0.2) is 23.8 Å². The van der Waals surface area contributed by atoms with Crippen molar-refractivity contribution in [2.75, 3.05) is 11.9 Å². The van der Waals surface area contributed by atoms with Crippen LogP contribution in [0.3, 0.4) is 0 Å². The van der Waals surface area contributed by atoms with Crippen LogP contribution in [0.1, 0.15) is 25.8 Å². The molecule has 106 valence electrons. The minimum atomic E-state index is -0.394. The summed E-state index contributed by atoms with van der Waals surface area (Å²) in [6, 6.07) is 3.49. The number of halogens is 1. The van der Waals surface area contributed by atoms with E-state index in [1.165, 1.54) is 18.2 Å². The monoisotopic (exact) mass is 268 g/mol. The van der Waals surface area contributed by atoms with Crippen molar-refractivity contribution in [3.05, 3.63) is 29.6 Å². The second kappa shape index (κ2) is 7.09. The molecule has 1 atom stereocenters. The van der Waals surface area contributed by atoms with Crippen LogP contribution in [0.2, 0.25) is 0 Å². The number of hydrogen-bond acceptors (Lipinski definition) is 2. The molecule has 1 unspecified atom stereocenters. The van der Waals surface area contributed by atoms with Crippen LogP contribution in [0.15, 0.2) is 18.2 Å². The van der Waals surface area contributed by atoms with E-state index in [1.807, 2.05) is 13.8 Å². The van der Waals surface area contributed by atoms with Crippen molar-refractivity contribution in [1.82, 2.24) is 5.32 Å². The van der Waals surface area contributed by atoms with E-state index in [0.29, 0.717) is 23.6 Å². The third-order valence-electron chi connectivity index (χ3n) is 2.75. The summed E-state index contributed by atoms with van der Waals surface area (Å²) < 4.78 is 12.9. The number of anilines is 1. The van der Waals surface area contributed by atoms with Gasteiger partial charge in [0.25, 0.3) is 0 Å². The number of rotatable bonds is 5. The fraction of sp³-hybridized carbons (Fsp3) is 0.500. The Hall–Kier alpha value is -1.62. The third-order valence-corrected chi connectivity index (χ3v) is 2.75. The number of urea groups is 1. The van der Waals surface area contributed by atoms with Crippen LogP contribution in [0.25, 0.3) is 0 Å². The number of benzene rings is 1. The average molecular weight is 268 g/mol. The minimum Gasteiger partial charge on any atom is -0.394 e. The molecule has 0 aliphatic rings. The SMILES string of the molecule is Cc1cc(F)ccc1NC(=O)NC(CO)CC(C)C. The molecule has 19 heavy (non-hydrogen) atoms. The first kappa shape index (κ1) is 15.4. The van der Waals surface area contributed by atoms with E-state index in [2.05, 4.69) is 10.6 Å². The molecule has 1 aromatic carbocycles. The first-order valence-electron chi connectivity index (χ1n) is 6.37. The van der Waals surface area contributed by atoms with Crippen molar-refractivity contribution >= 4 is 11.7 Å². The summed E-state index contributed by atoms with van der Waals surface area (Å²) in [5.41, 5.74) is 1.21. The predicted octanol–water partition coefficient (Wildman–Crippen LogP) is 2.66. The molecule has 5 heteroatoms. The van der Waals surface area contributed by atoms with Crippen molar-refractivity contribution in [3.63, 3.8) is 0 Å². The maximum atomic E-state index is 12.9. The summed E-state index contributed by atoms with van der Waals surface area (Å²) in [5, 5.41) is 14.5. The maximum Gasteiger partial charge on any atom is 0.319 e. The molecule has 0 aromatic heterocycles. The number of carbonyl (C=O) groups excluding carboxylic acids is 1. The van der Waals surface area contributed by atoms with Gasteiger partial charge in [0.15, 0.2) is 0 Å². The molecule has 0 saturated heterocycles. The molecular formula is C14H21FN2O2. The molecule has 1 aromatic rings. The molecule has 3 N–H and O–H groups in total. The summed E-state index contributed by atoms with van der Waals surface area (Å²) in [6.45, 7) is 5.66. The molecule has 0 spiro atoms. The van der Waals surface area contributed by atoms with Gasteiger partial charge in [-0.15, -0.1) is 0 Å². The lowest BCUT2D eigenvalue weighted by molar-refractivity contribution is 0.214. The van der Waals surface area contributed by atoms with E-state index < -0.39 is 6.03 Å². The number of amides is 2. The van der Waals surface area contributed by atoms with E-state index in [0.717, 1.165) is 0 Å². The van der Waals surface area contributed by atoms with Gasteiger partial charge in [0, 0.05) is 5.69 Å². The second-order valence-corrected chi connectivity index (χ2v) is 5.07. The van der Waals surface area contributed by atoms with Crippen LogP contribution >= 0.6 is 0 Å². The third kappa shape index (κ3) is 5.26. The van der Waals surface area contributed by atoms with E-state index in [-0.39, 0.29) is 18.5 Å². The zero-order valence-electron chi connectivity index (χ0n) is 11.5. The van der Waals surface area contributed by atoms with E-state index in [4.69, 9.17) is 0 Å². The fourth-order valence-corrected chi connectivity index (χ4v) is 1.86. The van der Waals surface area contributed by atoms with Gasteiger partial charge in [-0.2, -0.15) is 0 Å². The molecule has 0 fully saturated rings. The standard InChI is InChI=1S/C14H21FN2O2/c1-9(2)6-12(8-18)16-14(19)17-13-5-4-11(15)7-10(13)3/h4-5,7,9,12,18H,6,8H2,1-3H3,(H2,16,17,19). The number of carbonyl (C=O) groups is 1. The van der Waals surface area contributed by atoms with Gasteiger partial charge in [0.1, 0.15) is 5.82 Å². The van der Waals surface area contributed by atoms with Gasteiger partial charge in [0.05, 0.1) is 12.6 Å². The van der Waals surface area contributed by atoms with Crippen molar-refractivity contribution in [3.8, 4) is 0 Å². The van der Waals surface area contributed by atoms with Gasteiger partial charge in [0.2, 0.25) is 0 Å². The number of aliphatic hydroxyl groups is 1. The lowest BCUT2D eigenvalue weighted by Gasteiger charge is -2.19. The van der Waals surface area contributed by atoms with E-state index >= 15 is 0 Å². The van der Waals surface area contributed by atoms with Crippen LogP contribution in [0.5, 0.6) is 0 Å². The highest BCUT2D eigenvalue weighted by Crippen LogP contribution is 2.15. The smallest absolute Gasteiger partial charge is 0.319 e. The Labute approximate surface area is 113 Å². The van der Waals surface area contributed by atoms with Gasteiger partial charge in [-0.1, -0.05) is 13.8 Å². The number of hydrogen-bond donors (Lipinski definition) is 3. The van der Waals surface area contributed by atoms with E-state index in [1.54, 1.807) is 6.92 Å². The van der Waals surface area contributed by atoms with Gasteiger partial charge in [-0.25, -0.2) is 9.18 Å². The van der Waals surface area contributed by atoms with Crippen LogP contribution in [0.4, 0.5) is 14.9 Å². The Bertz CT molecular complexity index is 435. The largest absolute Gasteiger partial charge is 0.394 e. The molecule has 0 aliphatic heterocycles. The summed E-state index contributed by atoms with van der Waals surface area (Å²) in [7, 11) is 0. The Balaban J connectivity index is 2.59. The number of nitrogens with one attached hydrogen (secondary N) is 2. The van der Waals surface area contributed by atoms with Crippen molar-refractivity contribution in [2.24, 2.45) is 5.92 Å². The van der Waals surface area contributed by atoms with Crippen LogP contribution in [0, 0.1) is 18.7 Å². The second-order valence-electron chi connectivity index (χ2n) is 5.07. The lowest BCUT2D eigenvalue weighted by Crippen LogP contribution is -2.41. The van der Waals surface area contributed by atoms with Gasteiger partial charge < -0.3 is 15.7 Å². The van der Waals surface area contributed by atoms with Gasteiger partial charge >= 0.3 is 6.03 Å². The highest BCUT2D eigenvalue weighted by atomic mass is 19.1. The molecular weight excluding hydrogens is 247 g/mol. The topological polar surface area (TPSA) is 61.4 Å². The lowest BCUT2D eigenvalue weighted by atomic mass is 10.0. The molecule has 0 heterocycles. The summed E-state index contributed by atoms with van der Waals surface area (Å²) >= 11 is 0. The highest BCUT2D eigenvalue weighted by Gasteiger charge is 2.13. The predicted molar refractivity (Wildman–Crippen MR) is 73.6 cm³/mol. The van der Waals surface area contributed by atoms with Crippen molar-refractivity contribution in [1.29, 1.82) is 0 Å². The molecule has 0 saturated carbocycles. The fourth-order valence-electron chi connectivity index (χ4n) is 1.86. The molecule has 0 radical (unpaired) electrons. The summed E-state index contributed by atoms with van der Waals surface area (Å²) in [4.78, 5) is 11.8. The van der Waals surface area contributed by atoms with Crippen molar-refractivity contribution in [2.45, 2.75) is 33.2 Å². The maximum absolute atomic E-state index is 12.9. The average Bonchev–Trinajstić information content (AvgIpc) is 2.31. The van der Waals surface area contributed by atoms with Crippen LogP contribution in [-0.2, 0) is 0 Å². The first-order valence-corrected chi connectivity index (χ1v) is 6.37. The normalized spacial score (nSPS) is 12.3. The number of aryl methyl sites for hydroxylation is 1. The first-order chi connectivity index (χ1) is 8.92. The van der Waals surface area contributed by atoms with E-state index in [9.17, 15) is 14.3 Å². The summed E-state index contributed by atoms with van der Waals surface area (Å²) in [5.74, 6) is 0.0431. The Morgan fingerprint density at radius 2 is 2.11 bits per heavy atom. The quantitative estimate of drug-likeness (QED) is 0.769. The zero-order chi connectivity index (χ0) is 14.4. The molecule has 1 rings (SSSR count). The Morgan fingerprint density at radius 3 is 2.63 bits per heavy atom. The Kier molecular flexibility index (Phi) is 5.76. The number of aliphatic hydroxyl groups excluding tert-OH is 1. The molecule has 0 aliphatic carbocycles. The summed E-state index contributed by atoms with van der Waals surface area (Å²) in [6.07, 6.45) is 0.701. The molecule has 4 nitrogen and oxygen atoms in total.